The van der Waals surface area contributed by atoms with Crippen LogP contribution < -0.4 is 9.88 Å². The van der Waals surface area contributed by atoms with Gasteiger partial charge in [-0.15, -0.1) is 0 Å². The number of hydrogen-bond donors (Lipinski definition) is 1. The van der Waals surface area contributed by atoms with Crippen LogP contribution >= 0.6 is 0 Å². The van der Waals surface area contributed by atoms with Crippen molar-refractivity contribution in [3.8, 4) is 5.75 Å². The quantitative estimate of drug-likeness (QED) is 0.842. The molecule has 0 fully saturated rings. The number of benzene rings is 1. The Kier molecular flexibility index (Phi) is 2.53. The Morgan fingerprint density at radius 1 is 1.25 bits per heavy atom. The van der Waals surface area contributed by atoms with Gasteiger partial charge in [-0.2, -0.15) is 0 Å². The molecule has 2 aromatic rings. The van der Waals surface area contributed by atoms with E-state index in [-0.39, 0.29) is 4.90 Å². The minimum Gasteiger partial charge on any atom is -0.496 e. The lowest BCUT2D eigenvalue weighted by atomic mass is 10.1. The summed E-state index contributed by atoms with van der Waals surface area (Å²) in [5.41, 5.74) is 0. The molecule has 0 saturated heterocycles. The summed E-state index contributed by atoms with van der Waals surface area (Å²) in [6, 6.07) is 4.67. The summed E-state index contributed by atoms with van der Waals surface area (Å²) in [6.45, 7) is 0. The molecule has 0 radical (unpaired) electrons. The Hall–Kier alpha value is -1.66. The highest BCUT2D eigenvalue weighted by Gasteiger charge is 2.14. The average molecular weight is 238 g/mol. The first kappa shape index (κ1) is 10.8. The van der Waals surface area contributed by atoms with Crippen molar-refractivity contribution in [3.63, 3.8) is 0 Å². The number of fused-ring (bicyclic) bond motifs is 1. The number of pyridine rings is 1. The van der Waals surface area contributed by atoms with Crippen LogP contribution in [0.4, 0.5) is 0 Å². The van der Waals surface area contributed by atoms with Gasteiger partial charge in [0, 0.05) is 23.2 Å². The van der Waals surface area contributed by atoms with Gasteiger partial charge in [-0.1, -0.05) is 0 Å². The van der Waals surface area contributed by atoms with E-state index in [4.69, 9.17) is 9.88 Å². The molecule has 2 rings (SSSR count). The second kappa shape index (κ2) is 3.73. The highest BCUT2D eigenvalue weighted by atomic mass is 32.2. The molecule has 2 N–H and O–H groups in total. The number of nitrogens with zero attached hydrogens (tertiary/aromatic N) is 1. The lowest BCUT2D eigenvalue weighted by Crippen LogP contribution is -2.12. The minimum absolute atomic E-state index is 0.0522. The van der Waals surface area contributed by atoms with Crippen LogP contribution in [0.25, 0.3) is 10.8 Å². The van der Waals surface area contributed by atoms with Crippen LogP contribution in [0.1, 0.15) is 0 Å². The molecule has 0 spiro atoms. The molecule has 0 bridgehead atoms. The number of ether oxygens (including phenoxy) is 1. The summed E-state index contributed by atoms with van der Waals surface area (Å²) < 4.78 is 27.8. The Balaban J connectivity index is 2.91. The Bertz CT molecular complexity index is 638. The van der Waals surface area contributed by atoms with E-state index in [1.54, 1.807) is 18.3 Å². The summed E-state index contributed by atoms with van der Waals surface area (Å²) in [7, 11) is -2.23. The smallest absolute Gasteiger partial charge is 0.238 e. The van der Waals surface area contributed by atoms with E-state index >= 15 is 0 Å². The van der Waals surface area contributed by atoms with Gasteiger partial charge in [-0.25, -0.2) is 13.6 Å². The van der Waals surface area contributed by atoms with Gasteiger partial charge in [-0.05, 0) is 18.2 Å². The predicted molar refractivity (Wildman–Crippen MR) is 59.7 cm³/mol. The zero-order valence-electron chi connectivity index (χ0n) is 8.54. The van der Waals surface area contributed by atoms with E-state index in [2.05, 4.69) is 4.98 Å². The fraction of sp³-hybridized carbons (Fsp3) is 0.100. The number of primary sulfonamides is 1. The molecule has 1 aromatic heterocycles. The normalized spacial score (nSPS) is 11.6. The fourth-order valence-corrected chi connectivity index (χ4v) is 2.29. The van der Waals surface area contributed by atoms with Gasteiger partial charge >= 0.3 is 0 Å². The molecule has 0 aliphatic heterocycles. The number of methoxy groups -OCH3 is 1. The molecule has 1 heterocycles. The second-order valence-corrected chi connectivity index (χ2v) is 4.76. The van der Waals surface area contributed by atoms with Crippen molar-refractivity contribution in [2.24, 2.45) is 5.14 Å². The molecule has 84 valence electrons. The molecule has 0 amide bonds. The van der Waals surface area contributed by atoms with Crippen molar-refractivity contribution >= 4 is 20.8 Å². The molecule has 6 heteroatoms. The van der Waals surface area contributed by atoms with Crippen LogP contribution in [0.3, 0.4) is 0 Å². The molecule has 1 aromatic carbocycles. The molecular weight excluding hydrogens is 228 g/mol. The van der Waals surface area contributed by atoms with Crippen molar-refractivity contribution in [1.82, 2.24) is 4.98 Å². The fourth-order valence-electron chi connectivity index (χ4n) is 1.56. The lowest BCUT2D eigenvalue weighted by Gasteiger charge is -2.08. The molecule has 16 heavy (non-hydrogen) atoms. The van der Waals surface area contributed by atoms with Crippen LogP contribution in [0.5, 0.6) is 5.75 Å². The van der Waals surface area contributed by atoms with Crippen LogP contribution in [0, 0.1) is 0 Å². The van der Waals surface area contributed by atoms with Crippen molar-refractivity contribution in [3.05, 3.63) is 30.6 Å². The van der Waals surface area contributed by atoms with Crippen LogP contribution in [-0.4, -0.2) is 20.5 Å². The number of hydrogen-bond acceptors (Lipinski definition) is 4. The van der Waals surface area contributed by atoms with Crippen molar-refractivity contribution < 1.29 is 13.2 Å². The predicted octanol–water partition coefficient (Wildman–Crippen LogP) is 0.891. The molecule has 0 saturated carbocycles. The molecular formula is C10H10N2O3S. The highest BCUT2D eigenvalue weighted by Crippen LogP contribution is 2.29. The third-order valence-electron chi connectivity index (χ3n) is 2.26. The third-order valence-corrected chi connectivity index (χ3v) is 3.23. The third kappa shape index (κ3) is 1.72. The van der Waals surface area contributed by atoms with Gasteiger partial charge < -0.3 is 4.74 Å². The maximum atomic E-state index is 11.4. The number of aromatic nitrogens is 1. The molecule has 5 nitrogen and oxygen atoms in total. The first-order chi connectivity index (χ1) is 7.54. The Morgan fingerprint density at radius 2 is 2.00 bits per heavy atom. The topological polar surface area (TPSA) is 82.3 Å². The van der Waals surface area contributed by atoms with Gasteiger partial charge in [-0.3, -0.25) is 4.98 Å². The monoisotopic (exact) mass is 238 g/mol. The van der Waals surface area contributed by atoms with Gasteiger partial charge in [0.15, 0.2) is 0 Å². The minimum atomic E-state index is -3.75. The van der Waals surface area contributed by atoms with E-state index < -0.39 is 10.0 Å². The lowest BCUT2D eigenvalue weighted by molar-refractivity contribution is 0.419. The summed E-state index contributed by atoms with van der Waals surface area (Å²) in [4.78, 5) is 3.94. The number of sulfonamides is 1. The van der Waals surface area contributed by atoms with Crippen molar-refractivity contribution in [2.75, 3.05) is 7.11 Å². The maximum Gasteiger partial charge on any atom is 0.238 e. The van der Waals surface area contributed by atoms with E-state index in [1.807, 2.05) is 0 Å². The first-order valence-corrected chi connectivity index (χ1v) is 6.02. The first-order valence-electron chi connectivity index (χ1n) is 4.47. The summed E-state index contributed by atoms with van der Waals surface area (Å²) in [6.07, 6.45) is 3.02. The Labute approximate surface area is 92.9 Å². The largest absolute Gasteiger partial charge is 0.496 e. The van der Waals surface area contributed by atoms with Crippen LogP contribution in [0.15, 0.2) is 35.5 Å². The number of rotatable bonds is 2. The second-order valence-electron chi connectivity index (χ2n) is 3.23. The van der Waals surface area contributed by atoms with E-state index in [9.17, 15) is 8.42 Å². The van der Waals surface area contributed by atoms with Crippen molar-refractivity contribution in [1.29, 1.82) is 0 Å². The summed E-state index contributed by atoms with van der Waals surface area (Å²) >= 11 is 0. The van der Waals surface area contributed by atoms with E-state index in [0.29, 0.717) is 16.5 Å². The van der Waals surface area contributed by atoms with Gasteiger partial charge in [0.05, 0.1) is 12.0 Å². The van der Waals surface area contributed by atoms with Gasteiger partial charge in [0.2, 0.25) is 10.0 Å². The number of nitrogens with two attached hydrogens (primary N) is 1. The molecule has 0 unspecified atom stereocenters. The molecule has 0 aliphatic carbocycles. The SMILES string of the molecule is COc1ccc(S(N)(=O)=O)c2cnccc12. The van der Waals surface area contributed by atoms with Crippen LogP contribution in [0.2, 0.25) is 0 Å². The van der Waals surface area contributed by atoms with Crippen molar-refractivity contribution in [2.45, 2.75) is 4.90 Å². The van der Waals surface area contributed by atoms with Gasteiger partial charge in [0.25, 0.3) is 0 Å². The summed E-state index contributed by atoms with van der Waals surface area (Å²) in [5.74, 6) is 0.588. The molecule has 0 atom stereocenters. The van der Waals surface area contributed by atoms with Gasteiger partial charge in [0.1, 0.15) is 5.75 Å². The standard InChI is InChI=1S/C10H10N2O3S/c1-15-9-2-3-10(16(11,13)14)8-6-12-5-4-7(8)9/h2-6H,1H3,(H2,11,13,14). The molecule has 0 aliphatic rings. The zero-order chi connectivity index (χ0) is 11.8. The average Bonchev–Trinajstić information content (AvgIpc) is 2.26. The van der Waals surface area contributed by atoms with E-state index in [0.717, 1.165) is 0 Å². The summed E-state index contributed by atoms with van der Waals surface area (Å²) in [5, 5.41) is 6.25. The van der Waals surface area contributed by atoms with E-state index in [1.165, 1.54) is 19.4 Å². The zero-order valence-corrected chi connectivity index (χ0v) is 9.36. The highest BCUT2D eigenvalue weighted by molar-refractivity contribution is 7.89. The Morgan fingerprint density at radius 3 is 2.62 bits per heavy atom. The maximum absolute atomic E-state index is 11.4. The van der Waals surface area contributed by atoms with Crippen LogP contribution in [-0.2, 0) is 10.0 Å².